The highest BCUT2D eigenvalue weighted by atomic mass is 16.5. The first-order chi connectivity index (χ1) is 7.84. The number of carbonyl (C=O) groups excluding carboxylic acids is 1. The third kappa shape index (κ3) is 2.84. The van der Waals surface area contributed by atoms with Crippen LogP contribution in [0.15, 0.2) is 16.9 Å². The topological polar surface area (TPSA) is 59.2 Å². The van der Waals surface area contributed by atoms with Crippen LogP contribution in [0.4, 0.5) is 0 Å². The summed E-state index contributed by atoms with van der Waals surface area (Å²) < 4.78 is 5.09. The van der Waals surface area contributed by atoms with Crippen molar-refractivity contribution >= 4 is 5.97 Å². The fraction of sp³-hybridized carbons (Fsp3) is 0.385. The van der Waals surface area contributed by atoms with Gasteiger partial charge in [-0.2, -0.15) is 0 Å². The number of esters is 1. The number of aryl methyl sites for hydroxylation is 1. The Morgan fingerprint density at radius 3 is 2.41 bits per heavy atom. The molecule has 1 rings (SSSR count). The van der Waals surface area contributed by atoms with E-state index in [-0.39, 0.29) is 12.2 Å². The molecule has 0 saturated carbocycles. The zero-order valence-corrected chi connectivity index (χ0v) is 10.6. The zero-order chi connectivity index (χ0) is 13.2. The molecule has 0 saturated heterocycles. The van der Waals surface area contributed by atoms with Gasteiger partial charge in [-0.3, -0.25) is 4.79 Å². The van der Waals surface area contributed by atoms with Crippen LogP contribution >= 0.6 is 0 Å². The van der Waals surface area contributed by atoms with Gasteiger partial charge in [0.2, 0.25) is 0 Å². The van der Waals surface area contributed by atoms with Gasteiger partial charge >= 0.3 is 5.97 Å². The second kappa shape index (κ2) is 4.99. The Balaban J connectivity index is 3.00. The summed E-state index contributed by atoms with van der Waals surface area (Å²) >= 11 is 0. The van der Waals surface area contributed by atoms with Gasteiger partial charge in [0.05, 0.1) is 0 Å². The van der Waals surface area contributed by atoms with Gasteiger partial charge in [-0.1, -0.05) is 6.58 Å². The molecular weight excluding hydrogens is 218 g/mol. The molecule has 1 aromatic rings. The molecule has 4 nitrogen and oxygen atoms in total. The molecule has 1 N–H and O–H groups in total. The number of aromatic nitrogens is 1. The number of aromatic amines is 1. The highest BCUT2D eigenvalue weighted by Gasteiger charge is 2.11. The normalized spacial score (nSPS) is 10.1. The molecular formula is C13H17NO3. The second-order valence-corrected chi connectivity index (χ2v) is 4.16. The summed E-state index contributed by atoms with van der Waals surface area (Å²) in [7, 11) is 0. The Kier molecular flexibility index (Phi) is 3.89. The molecule has 0 atom stereocenters. The highest BCUT2D eigenvalue weighted by Crippen LogP contribution is 2.14. The van der Waals surface area contributed by atoms with Gasteiger partial charge in [0.15, 0.2) is 0 Å². The van der Waals surface area contributed by atoms with E-state index in [4.69, 9.17) is 4.74 Å². The summed E-state index contributed by atoms with van der Waals surface area (Å²) in [5, 5.41) is 0. The van der Waals surface area contributed by atoms with E-state index in [1.54, 1.807) is 20.8 Å². The molecule has 0 bridgehead atoms. The third-order valence-corrected chi connectivity index (χ3v) is 2.81. The predicted molar refractivity (Wildman–Crippen MR) is 65.9 cm³/mol. The summed E-state index contributed by atoms with van der Waals surface area (Å²) in [4.78, 5) is 25.5. The van der Waals surface area contributed by atoms with Crippen molar-refractivity contribution in [1.82, 2.24) is 4.98 Å². The van der Waals surface area contributed by atoms with Crippen LogP contribution in [0.5, 0.6) is 0 Å². The van der Waals surface area contributed by atoms with Crippen LogP contribution in [0.25, 0.3) is 0 Å². The summed E-state index contributed by atoms with van der Waals surface area (Å²) in [6, 6.07) is 0. The average Bonchev–Trinajstić information content (AvgIpc) is 2.25. The van der Waals surface area contributed by atoms with Gasteiger partial charge < -0.3 is 9.72 Å². The molecule has 0 spiro atoms. The minimum Gasteiger partial charge on any atom is -0.457 e. The molecule has 0 aromatic carbocycles. The number of ether oxygens (including phenoxy) is 1. The fourth-order valence-corrected chi connectivity index (χ4v) is 1.49. The average molecular weight is 235 g/mol. The Hall–Kier alpha value is -1.84. The van der Waals surface area contributed by atoms with E-state index in [2.05, 4.69) is 11.6 Å². The molecule has 0 aliphatic rings. The Bertz CT molecular complexity index is 526. The highest BCUT2D eigenvalue weighted by molar-refractivity contribution is 5.86. The summed E-state index contributed by atoms with van der Waals surface area (Å²) in [6.07, 6.45) is 0. The molecule has 0 fully saturated rings. The van der Waals surface area contributed by atoms with Gasteiger partial charge in [0.1, 0.15) is 6.61 Å². The van der Waals surface area contributed by atoms with Gasteiger partial charge in [0, 0.05) is 22.4 Å². The molecule has 0 radical (unpaired) electrons. The third-order valence-electron chi connectivity index (χ3n) is 2.81. The number of hydrogen-bond acceptors (Lipinski definition) is 3. The van der Waals surface area contributed by atoms with E-state index in [0.29, 0.717) is 11.1 Å². The van der Waals surface area contributed by atoms with Crippen LogP contribution in [0.3, 0.4) is 0 Å². The first kappa shape index (κ1) is 13.2. The van der Waals surface area contributed by atoms with Crippen molar-refractivity contribution in [3.8, 4) is 0 Å². The largest absolute Gasteiger partial charge is 0.457 e. The smallest absolute Gasteiger partial charge is 0.333 e. The number of rotatable bonds is 3. The molecule has 0 aliphatic carbocycles. The zero-order valence-electron chi connectivity index (χ0n) is 10.6. The number of H-pyrrole nitrogens is 1. The fourth-order valence-electron chi connectivity index (χ4n) is 1.49. The quantitative estimate of drug-likeness (QED) is 0.643. The van der Waals surface area contributed by atoms with Crippen LogP contribution in [-0.4, -0.2) is 11.0 Å². The van der Waals surface area contributed by atoms with Gasteiger partial charge in [-0.05, 0) is 33.3 Å². The number of nitrogens with one attached hydrogen (secondary N) is 1. The van der Waals surface area contributed by atoms with Crippen molar-refractivity contribution in [2.45, 2.75) is 34.3 Å². The Morgan fingerprint density at radius 2 is 1.88 bits per heavy atom. The molecule has 0 unspecified atom stereocenters. The van der Waals surface area contributed by atoms with Crippen LogP contribution in [-0.2, 0) is 16.1 Å². The monoisotopic (exact) mass is 235 g/mol. The van der Waals surface area contributed by atoms with E-state index >= 15 is 0 Å². The molecule has 4 heteroatoms. The molecule has 0 aliphatic heterocycles. The van der Waals surface area contributed by atoms with Gasteiger partial charge in [-0.15, -0.1) is 0 Å². The van der Waals surface area contributed by atoms with Crippen molar-refractivity contribution in [2.75, 3.05) is 0 Å². The van der Waals surface area contributed by atoms with Crippen molar-refractivity contribution in [3.63, 3.8) is 0 Å². The summed E-state index contributed by atoms with van der Waals surface area (Å²) in [6.45, 7) is 10.6. The molecule has 0 amide bonds. The molecule has 1 heterocycles. The maximum absolute atomic E-state index is 11.5. The first-order valence-electron chi connectivity index (χ1n) is 5.36. The van der Waals surface area contributed by atoms with Crippen LogP contribution in [0.2, 0.25) is 0 Å². The summed E-state index contributed by atoms with van der Waals surface area (Å²) in [5.74, 6) is -0.423. The first-order valence-corrected chi connectivity index (χ1v) is 5.36. The maximum atomic E-state index is 11.5. The minimum absolute atomic E-state index is 0.102. The lowest BCUT2D eigenvalue weighted by molar-refractivity contribution is -0.140. The number of carbonyl (C=O) groups is 1. The van der Waals surface area contributed by atoms with Crippen LogP contribution in [0, 0.1) is 20.8 Å². The van der Waals surface area contributed by atoms with E-state index in [9.17, 15) is 9.59 Å². The molecule has 92 valence electrons. The lowest BCUT2D eigenvalue weighted by Gasteiger charge is -2.12. The van der Waals surface area contributed by atoms with Gasteiger partial charge in [0.25, 0.3) is 5.56 Å². The van der Waals surface area contributed by atoms with Crippen molar-refractivity contribution < 1.29 is 9.53 Å². The minimum atomic E-state index is -0.423. The standard InChI is InChI=1S/C13H17NO3/c1-7(2)13(16)17-6-11-8(3)9(4)12(15)14-10(11)5/h1,6H2,2-5H3,(H,14,15). The Morgan fingerprint density at radius 1 is 1.29 bits per heavy atom. The lowest BCUT2D eigenvalue weighted by atomic mass is 10.0. The van der Waals surface area contributed by atoms with E-state index in [1.807, 2.05) is 6.92 Å². The van der Waals surface area contributed by atoms with Crippen LogP contribution < -0.4 is 5.56 Å². The summed E-state index contributed by atoms with van der Waals surface area (Å²) in [5.41, 5.74) is 3.35. The van der Waals surface area contributed by atoms with E-state index in [1.165, 1.54) is 0 Å². The van der Waals surface area contributed by atoms with Crippen molar-refractivity contribution in [2.24, 2.45) is 0 Å². The van der Waals surface area contributed by atoms with E-state index in [0.717, 1.165) is 16.8 Å². The lowest BCUT2D eigenvalue weighted by Crippen LogP contribution is -2.17. The number of hydrogen-bond donors (Lipinski definition) is 1. The molecule has 1 aromatic heterocycles. The van der Waals surface area contributed by atoms with Crippen LogP contribution in [0.1, 0.15) is 29.3 Å². The van der Waals surface area contributed by atoms with Crippen molar-refractivity contribution in [1.29, 1.82) is 0 Å². The van der Waals surface area contributed by atoms with Crippen molar-refractivity contribution in [3.05, 3.63) is 44.9 Å². The van der Waals surface area contributed by atoms with E-state index < -0.39 is 5.97 Å². The SMILES string of the molecule is C=C(C)C(=O)OCc1c(C)[nH]c(=O)c(C)c1C. The van der Waals surface area contributed by atoms with Gasteiger partial charge in [-0.25, -0.2) is 4.79 Å². The number of pyridine rings is 1. The maximum Gasteiger partial charge on any atom is 0.333 e. The Labute approximate surface area is 100 Å². The molecule has 17 heavy (non-hydrogen) atoms. The predicted octanol–water partition coefficient (Wildman–Crippen LogP) is 1.92. The second-order valence-electron chi connectivity index (χ2n) is 4.16.